The van der Waals surface area contributed by atoms with E-state index in [1.54, 1.807) is 6.20 Å². The van der Waals surface area contributed by atoms with Crippen LogP contribution in [0, 0.1) is 6.92 Å². The zero-order valence-corrected chi connectivity index (χ0v) is 11.3. The first-order chi connectivity index (χ1) is 9.24. The first kappa shape index (κ1) is 12.4. The van der Waals surface area contributed by atoms with Crippen LogP contribution in [0.5, 0.6) is 0 Å². The number of aromatic nitrogens is 4. The maximum atomic E-state index is 5.77. The van der Waals surface area contributed by atoms with E-state index < -0.39 is 0 Å². The molecule has 0 bridgehead atoms. The summed E-state index contributed by atoms with van der Waals surface area (Å²) < 4.78 is 7.63. The van der Waals surface area contributed by atoms with E-state index in [0.717, 1.165) is 31.0 Å². The van der Waals surface area contributed by atoms with Crippen LogP contribution in [-0.2, 0) is 18.3 Å². The molecule has 19 heavy (non-hydrogen) atoms. The highest BCUT2D eigenvalue weighted by Gasteiger charge is 2.30. The summed E-state index contributed by atoms with van der Waals surface area (Å²) in [5.74, 6) is 0. The molecule has 1 aliphatic heterocycles. The molecule has 1 fully saturated rings. The number of aromatic amines is 1. The van der Waals surface area contributed by atoms with Crippen molar-refractivity contribution in [2.24, 2.45) is 7.05 Å². The van der Waals surface area contributed by atoms with Gasteiger partial charge in [-0.05, 0) is 25.0 Å². The van der Waals surface area contributed by atoms with Crippen molar-refractivity contribution >= 4 is 0 Å². The van der Waals surface area contributed by atoms with Crippen molar-refractivity contribution in [2.75, 3.05) is 6.61 Å². The number of ether oxygens (including phenoxy) is 1. The monoisotopic (exact) mass is 261 g/mol. The molecule has 6 nitrogen and oxygen atoms in total. The van der Waals surface area contributed by atoms with Gasteiger partial charge in [-0.1, -0.05) is 0 Å². The molecular formula is C13H19N5O. The Balaban J connectivity index is 1.64. The van der Waals surface area contributed by atoms with Crippen molar-refractivity contribution in [3.05, 3.63) is 35.4 Å². The van der Waals surface area contributed by atoms with Crippen molar-refractivity contribution < 1.29 is 4.74 Å². The van der Waals surface area contributed by atoms with Crippen molar-refractivity contribution in [1.29, 1.82) is 0 Å². The molecular weight excluding hydrogens is 242 g/mol. The van der Waals surface area contributed by atoms with Gasteiger partial charge >= 0.3 is 0 Å². The molecule has 1 saturated heterocycles. The first-order valence-electron chi connectivity index (χ1n) is 6.57. The summed E-state index contributed by atoms with van der Waals surface area (Å²) in [4.78, 5) is 0. The van der Waals surface area contributed by atoms with E-state index in [0.29, 0.717) is 6.04 Å². The Morgan fingerprint density at radius 3 is 3.16 bits per heavy atom. The zero-order chi connectivity index (χ0) is 13.2. The van der Waals surface area contributed by atoms with E-state index in [1.165, 1.54) is 5.56 Å². The summed E-state index contributed by atoms with van der Waals surface area (Å²) in [6.45, 7) is 3.63. The molecule has 2 N–H and O–H groups in total. The highest BCUT2D eigenvalue weighted by Crippen LogP contribution is 2.27. The van der Waals surface area contributed by atoms with Crippen LogP contribution in [0.4, 0.5) is 0 Å². The molecule has 6 heteroatoms. The predicted octanol–water partition coefficient (Wildman–Crippen LogP) is 1.07. The number of H-pyrrole nitrogens is 1. The Hall–Kier alpha value is -1.66. The second-order valence-electron chi connectivity index (χ2n) is 5.01. The lowest BCUT2D eigenvalue weighted by Crippen LogP contribution is -2.31. The van der Waals surface area contributed by atoms with Gasteiger partial charge in [0.25, 0.3) is 0 Å². The van der Waals surface area contributed by atoms with Crippen molar-refractivity contribution in [3.63, 3.8) is 0 Å². The van der Waals surface area contributed by atoms with Crippen molar-refractivity contribution in [3.8, 4) is 0 Å². The molecule has 0 amide bonds. The maximum Gasteiger partial charge on any atom is 0.114 e. The number of hydrogen-bond acceptors (Lipinski definition) is 4. The van der Waals surface area contributed by atoms with Gasteiger partial charge in [0, 0.05) is 38.6 Å². The number of aryl methyl sites for hydroxylation is 2. The van der Waals surface area contributed by atoms with E-state index in [9.17, 15) is 0 Å². The molecule has 0 aromatic carbocycles. The number of nitrogens with one attached hydrogen (secondary N) is 2. The molecule has 0 spiro atoms. The summed E-state index contributed by atoms with van der Waals surface area (Å²) in [7, 11) is 1.95. The minimum atomic E-state index is 0.0616. The standard InChI is InChI=1S/C13H19N5O/c1-9-8-18(2)17-12(9)7-14-10-4-6-19-13(10)11-3-5-15-16-11/h3,5,8,10,13-14H,4,6-7H2,1-2H3,(H,15,16)/t10-,13-/m1/s1. The lowest BCUT2D eigenvalue weighted by molar-refractivity contribution is 0.0950. The van der Waals surface area contributed by atoms with Gasteiger partial charge in [0.15, 0.2) is 0 Å². The minimum absolute atomic E-state index is 0.0616. The summed E-state index contributed by atoms with van der Waals surface area (Å²) in [6, 6.07) is 2.28. The second-order valence-corrected chi connectivity index (χ2v) is 5.01. The molecule has 0 aliphatic carbocycles. The molecule has 2 atom stereocenters. The average molecular weight is 261 g/mol. The Kier molecular flexibility index (Phi) is 3.35. The van der Waals surface area contributed by atoms with Gasteiger partial charge in [-0.15, -0.1) is 0 Å². The normalized spacial score (nSPS) is 23.1. The number of hydrogen-bond donors (Lipinski definition) is 2. The number of nitrogens with zero attached hydrogens (tertiary/aromatic N) is 3. The lowest BCUT2D eigenvalue weighted by atomic mass is 10.1. The Morgan fingerprint density at radius 2 is 2.47 bits per heavy atom. The Bertz CT molecular complexity index is 533. The molecule has 102 valence electrons. The molecule has 0 unspecified atom stereocenters. The molecule has 3 rings (SSSR count). The molecule has 0 radical (unpaired) electrons. The van der Waals surface area contributed by atoms with Crippen LogP contribution in [0.15, 0.2) is 18.5 Å². The topological polar surface area (TPSA) is 67.8 Å². The lowest BCUT2D eigenvalue weighted by Gasteiger charge is -2.18. The molecule has 2 aromatic rings. The van der Waals surface area contributed by atoms with Crippen LogP contribution < -0.4 is 5.32 Å². The van der Waals surface area contributed by atoms with Crippen LogP contribution in [0.25, 0.3) is 0 Å². The SMILES string of the molecule is Cc1cn(C)nc1CN[C@@H]1CCO[C@H]1c1ccn[nH]1. The summed E-state index contributed by atoms with van der Waals surface area (Å²) in [5.41, 5.74) is 3.34. The fraction of sp³-hybridized carbons (Fsp3) is 0.538. The third kappa shape index (κ3) is 2.54. The first-order valence-corrected chi connectivity index (χ1v) is 6.57. The fourth-order valence-electron chi connectivity index (χ4n) is 2.59. The smallest absolute Gasteiger partial charge is 0.114 e. The van der Waals surface area contributed by atoms with Crippen LogP contribution in [-0.4, -0.2) is 32.6 Å². The highest BCUT2D eigenvalue weighted by molar-refractivity contribution is 5.15. The Labute approximate surface area is 112 Å². The van der Waals surface area contributed by atoms with E-state index in [-0.39, 0.29) is 6.10 Å². The largest absolute Gasteiger partial charge is 0.370 e. The third-order valence-electron chi connectivity index (χ3n) is 3.57. The quantitative estimate of drug-likeness (QED) is 0.864. The highest BCUT2D eigenvalue weighted by atomic mass is 16.5. The molecule has 0 saturated carbocycles. The minimum Gasteiger partial charge on any atom is -0.370 e. The van der Waals surface area contributed by atoms with Gasteiger partial charge in [0.2, 0.25) is 0 Å². The van der Waals surface area contributed by atoms with Gasteiger partial charge in [-0.3, -0.25) is 9.78 Å². The van der Waals surface area contributed by atoms with Gasteiger partial charge in [0.05, 0.1) is 11.4 Å². The Morgan fingerprint density at radius 1 is 1.58 bits per heavy atom. The van der Waals surface area contributed by atoms with Crippen LogP contribution >= 0.6 is 0 Å². The van der Waals surface area contributed by atoms with Crippen molar-refractivity contribution in [1.82, 2.24) is 25.3 Å². The van der Waals surface area contributed by atoms with Crippen LogP contribution in [0.2, 0.25) is 0 Å². The molecule has 2 aromatic heterocycles. The molecule has 1 aliphatic rings. The fourth-order valence-corrected chi connectivity index (χ4v) is 2.59. The summed E-state index contributed by atoms with van der Waals surface area (Å²) >= 11 is 0. The van der Waals surface area contributed by atoms with E-state index in [4.69, 9.17) is 4.74 Å². The second kappa shape index (κ2) is 5.14. The van der Waals surface area contributed by atoms with Crippen molar-refractivity contribution in [2.45, 2.75) is 32.0 Å². The predicted molar refractivity (Wildman–Crippen MR) is 70.5 cm³/mol. The maximum absolute atomic E-state index is 5.77. The van der Waals surface area contributed by atoms with Gasteiger partial charge in [-0.25, -0.2) is 0 Å². The van der Waals surface area contributed by atoms with Gasteiger partial charge in [0.1, 0.15) is 6.10 Å². The zero-order valence-electron chi connectivity index (χ0n) is 11.3. The average Bonchev–Trinajstić information content (AvgIpc) is 3.07. The molecule has 3 heterocycles. The third-order valence-corrected chi connectivity index (χ3v) is 3.57. The van der Waals surface area contributed by atoms with E-state index >= 15 is 0 Å². The van der Waals surface area contributed by atoms with Gasteiger partial charge < -0.3 is 10.1 Å². The van der Waals surface area contributed by atoms with Crippen LogP contribution in [0.1, 0.15) is 29.5 Å². The van der Waals surface area contributed by atoms with Crippen LogP contribution in [0.3, 0.4) is 0 Å². The number of rotatable bonds is 4. The summed E-state index contributed by atoms with van der Waals surface area (Å²) in [5, 5.41) is 15.0. The van der Waals surface area contributed by atoms with Gasteiger partial charge in [-0.2, -0.15) is 10.2 Å². The van der Waals surface area contributed by atoms with E-state index in [2.05, 4.69) is 27.5 Å². The summed E-state index contributed by atoms with van der Waals surface area (Å²) in [6.07, 6.45) is 4.87. The van der Waals surface area contributed by atoms with E-state index in [1.807, 2.05) is 24.0 Å².